The second-order valence-electron chi connectivity index (χ2n) is 5.95. The van der Waals surface area contributed by atoms with Gasteiger partial charge in [0, 0.05) is 12.0 Å². The van der Waals surface area contributed by atoms with Crippen molar-refractivity contribution in [2.75, 3.05) is 10.6 Å². The molecule has 1 aromatic heterocycles. The van der Waals surface area contributed by atoms with Gasteiger partial charge in [-0.25, -0.2) is 4.98 Å². The fraction of sp³-hybridized carbons (Fsp3) is 0.571. The molecule has 0 radical (unpaired) electrons. The number of pyridine rings is 1. The molecule has 0 fully saturated rings. The van der Waals surface area contributed by atoms with Gasteiger partial charge < -0.3 is 10.6 Å². The Morgan fingerprint density at radius 1 is 1.33 bits per heavy atom. The Kier molecular flexibility index (Phi) is 4.70. The minimum atomic E-state index is 0.00405. The van der Waals surface area contributed by atoms with Gasteiger partial charge in [0.25, 0.3) is 0 Å². The minimum absolute atomic E-state index is 0.00405. The third-order valence-corrected chi connectivity index (χ3v) is 2.14. The molecule has 0 aliphatic heterocycles. The maximum Gasteiger partial charge on any atom is 0.225 e. The third kappa shape index (κ3) is 5.66. The highest BCUT2D eigenvalue weighted by molar-refractivity contribution is 5.89. The lowest BCUT2D eigenvalue weighted by molar-refractivity contribution is -0.116. The maximum absolute atomic E-state index is 11.6. The second kappa shape index (κ2) is 5.85. The van der Waals surface area contributed by atoms with Crippen molar-refractivity contribution in [3.63, 3.8) is 0 Å². The molecule has 0 aliphatic rings. The summed E-state index contributed by atoms with van der Waals surface area (Å²) in [7, 11) is 0. The lowest BCUT2D eigenvalue weighted by Gasteiger charge is -2.21. The molecule has 4 heteroatoms. The number of rotatable bonds is 4. The number of nitrogens with one attached hydrogen (secondary N) is 2. The summed E-state index contributed by atoms with van der Waals surface area (Å²) in [4.78, 5) is 15.8. The molecule has 1 amide bonds. The van der Waals surface area contributed by atoms with Crippen molar-refractivity contribution in [2.24, 2.45) is 5.92 Å². The van der Waals surface area contributed by atoms with Crippen molar-refractivity contribution in [3.05, 3.63) is 18.3 Å². The summed E-state index contributed by atoms with van der Waals surface area (Å²) in [6.07, 6.45) is 2.25. The van der Waals surface area contributed by atoms with Crippen LogP contribution in [0.25, 0.3) is 0 Å². The van der Waals surface area contributed by atoms with Crippen LogP contribution >= 0.6 is 0 Å². The number of nitrogens with zero attached hydrogens (tertiary/aromatic N) is 1. The zero-order valence-corrected chi connectivity index (χ0v) is 11.9. The minimum Gasteiger partial charge on any atom is -0.379 e. The van der Waals surface area contributed by atoms with Crippen molar-refractivity contribution < 1.29 is 4.79 Å². The molecule has 4 nitrogen and oxygen atoms in total. The second-order valence-corrected chi connectivity index (χ2v) is 5.95. The van der Waals surface area contributed by atoms with Crippen LogP contribution in [0.1, 0.15) is 41.0 Å². The number of aromatic nitrogens is 1. The molecule has 1 aromatic rings. The summed E-state index contributed by atoms with van der Waals surface area (Å²) in [6, 6.07) is 3.73. The Balaban J connectivity index is 2.58. The number of anilines is 2. The molecule has 0 saturated heterocycles. The summed E-state index contributed by atoms with van der Waals surface area (Å²) in [5, 5.41) is 6.10. The Hall–Kier alpha value is -1.58. The molecule has 0 aromatic carbocycles. The Morgan fingerprint density at radius 3 is 2.44 bits per heavy atom. The zero-order valence-electron chi connectivity index (χ0n) is 11.9. The molecule has 1 heterocycles. The molecule has 1 rings (SSSR count). The molecule has 0 saturated carbocycles. The van der Waals surface area contributed by atoms with E-state index in [1.165, 1.54) is 0 Å². The number of hydrogen-bond donors (Lipinski definition) is 2. The van der Waals surface area contributed by atoms with E-state index in [0.717, 1.165) is 5.69 Å². The summed E-state index contributed by atoms with van der Waals surface area (Å²) in [6.45, 7) is 10.3. The molecule has 0 atom stereocenters. The van der Waals surface area contributed by atoms with Gasteiger partial charge in [-0.05, 0) is 38.8 Å². The molecule has 0 unspecified atom stereocenters. The van der Waals surface area contributed by atoms with Gasteiger partial charge in [0.15, 0.2) is 0 Å². The topological polar surface area (TPSA) is 54.0 Å². The molecule has 0 spiro atoms. The van der Waals surface area contributed by atoms with Gasteiger partial charge in [0.05, 0.1) is 11.9 Å². The van der Waals surface area contributed by atoms with Crippen molar-refractivity contribution in [1.82, 2.24) is 4.98 Å². The van der Waals surface area contributed by atoms with Crippen LogP contribution in [0, 0.1) is 5.92 Å². The fourth-order valence-corrected chi connectivity index (χ4v) is 1.54. The highest BCUT2D eigenvalue weighted by Gasteiger charge is 2.10. The van der Waals surface area contributed by atoms with E-state index in [1.54, 1.807) is 6.20 Å². The molecular formula is C14H23N3O. The Labute approximate surface area is 109 Å². The number of carbonyl (C=O) groups excluding carboxylic acids is 1. The Bertz CT molecular complexity index is 390. The standard InChI is InChI=1S/C14H23N3O/c1-10(2)8-13(18)16-12-7-6-11(9-15-12)17-14(3,4)5/h6-7,9-10,17H,8H2,1-5H3,(H,15,16,18). The van der Waals surface area contributed by atoms with E-state index in [4.69, 9.17) is 0 Å². The predicted molar refractivity (Wildman–Crippen MR) is 75.7 cm³/mol. The largest absolute Gasteiger partial charge is 0.379 e. The average Bonchev–Trinajstić information content (AvgIpc) is 2.17. The lowest BCUT2D eigenvalue weighted by atomic mass is 10.1. The molecular weight excluding hydrogens is 226 g/mol. The highest BCUT2D eigenvalue weighted by atomic mass is 16.1. The van der Waals surface area contributed by atoms with Crippen LogP contribution in [0.15, 0.2) is 18.3 Å². The smallest absolute Gasteiger partial charge is 0.225 e. The summed E-state index contributed by atoms with van der Waals surface area (Å²) in [5.74, 6) is 0.959. The lowest BCUT2D eigenvalue weighted by Crippen LogP contribution is -2.26. The van der Waals surface area contributed by atoms with Gasteiger partial charge in [-0.1, -0.05) is 13.8 Å². The van der Waals surface area contributed by atoms with E-state index >= 15 is 0 Å². The van der Waals surface area contributed by atoms with E-state index in [0.29, 0.717) is 18.2 Å². The van der Waals surface area contributed by atoms with Crippen LogP contribution < -0.4 is 10.6 Å². The first kappa shape index (κ1) is 14.5. The maximum atomic E-state index is 11.6. The van der Waals surface area contributed by atoms with Crippen LogP contribution in [-0.2, 0) is 4.79 Å². The molecule has 0 aliphatic carbocycles. The van der Waals surface area contributed by atoms with Gasteiger partial charge in [-0.3, -0.25) is 4.79 Å². The van der Waals surface area contributed by atoms with E-state index in [9.17, 15) is 4.79 Å². The van der Waals surface area contributed by atoms with Crippen molar-refractivity contribution in [3.8, 4) is 0 Å². The summed E-state index contributed by atoms with van der Waals surface area (Å²) in [5.41, 5.74) is 0.953. The van der Waals surface area contributed by atoms with E-state index in [1.807, 2.05) is 26.0 Å². The summed E-state index contributed by atoms with van der Waals surface area (Å²) < 4.78 is 0. The first-order valence-electron chi connectivity index (χ1n) is 6.30. The van der Waals surface area contributed by atoms with Crippen LogP contribution in [0.3, 0.4) is 0 Å². The zero-order chi connectivity index (χ0) is 13.8. The molecule has 0 bridgehead atoms. The van der Waals surface area contributed by atoms with Gasteiger partial charge in [0.2, 0.25) is 5.91 Å². The van der Waals surface area contributed by atoms with E-state index in [2.05, 4.69) is 36.4 Å². The quantitative estimate of drug-likeness (QED) is 0.861. The first-order valence-corrected chi connectivity index (χ1v) is 6.30. The van der Waals surface area contributed by atoms with Crippen molar-refractivity contribution in [1.29, 1.82) is 0 Å². The van der Waals surface area contributed by atoms with Crippen LogP contribution in [0.4, 0.5) is 11.5 Å². The molecule has 100 valence electrons. The number of hydrogen-bond acceptors (Lipinski definition) is 3. The normalized spacial score (nSPS) is 11.4. The van der Waals surface area contributed by atoms with Crippen LogP contribution in [0.2, 0.25) is 0 Å². The monoisotopic (exact) mass is 249 g/mol. The number of amides is 1. The first-order chi connectivity index (χ1) is 8.26. The van der Waals surface area contributed by atoms with Gasteiger partial charge in [-0.15, -0.1) is 0 Å². The average molecular weight is 249 g/mol. The van der Waals surface area contributed by atoms with E-state index in [-0.39, 0.29) is 11.4 Å². The predicted octanol–water partition coefficient (Wildman–Crippen LogP) is 3.28. The molecule has 2 N–H and O–H groups in total. The molecule has 18 heavy (non-hydrogen) atoms. The van der Waals surface area contributed by atoms with Gasteiger partial charge in [0.1, 0.15) is 5.82 Å². The highest BCUT2D eigenvalue weighted by Crippen LogP contribution is 2.15. The summed E-state index contributed by atoms with van der Waals surface area (Å²) >= 11 is 0. The van der Waals surface area contributed by atoms with Crippen molar-refractivity contribution >= 4 is 17.4 Å². The SMILES string of the molecule is CC(C)CC(=O)Nc1ccc(NC(C)(C)C)cn1. The fourth-order valence-electron chi connectivity index (χ4n) is 1.54. The van der Waals surface area contributed by atoms with Crippen molar-refractivity contribution in [2.45, 2.75) is 46.6 Å². The van der Waals surface area contributed by atoms with Gasteiger partial charge in [-0.2, -0.15) is 0 Å². The Morgan fingerprint density at radius 2 is 2.00 bits per heavy atom. The van der Waals surface area contributed by atoms with Crippen LogP contribution in [-0.4, -0.2) is 16.4 Å². The van der Waals surface area contributed by atoms with Crippen LogP contribution in [0.5, 0.6) is 0 Å². The van der Waals surface area contributed by atoms with Gasteiger partial charge >= 0.3 is 0 Å². The third-order valence-electron chi connectivity index (χ3n) is 2.14. The van der Waals surface area contributed by atoms with E-state index < -0.39 is 0 Å². The number of carbonyl (C=O) groups is 1.